The van der Waals surface area contributed by atoms with Crippen molar-refractivity contribution in [1.29, 1.82) is 0 Å². The number of amides is 2. The summed E-state index contributed by atoms with van der Waals surface area (Å²) in [6, 6.07) is 3.34. The Labute approximate surface area is 181 Å². The highest BCUT2D eigenvalue weighted by molar-refractivity contribution is 7.40. The van der Waals surface area contributed by atoms with E-state index in [9.17, 15) is 9.59 Å². The van der Waals surface area contributed by atoms with Gasteiger partial charge < -0.3 is 26.8 Å². The minimum Gasteiger partial charge on any atom is -0.495 e. The molecule has 7 nitrogen and oxygen atoms in total. The summed E-state index contributed by atoms with van der Waals surface area (Å²) in [7, 11) is 1.50. The molecule has 6 N–H and O–H groups in total. The first-order valence-electron chi connectivity index (χ1n) is 8.70. The first-order valence-corrected chi connectivity index (χ1v) is 10.7. The van der Waals surface area contributed by atoms with E-state index in [0.29, 0.717) is 31.6 Å². The number of carbonyl (C=O) groups excluding carboxylic acids is 2. The number of aryl methyl sites for hydroxylation is 1. The fourth-order valence-corrected chi connectivity index (χ4v) is 5.54. The number of nitrogens with two attached hydrogens (primary N) is 2. The van der Waals surface area contributed by atoms with Crippen molar-refractivity contribution in [3.05, 3.63) is 32.5 Å². The molecule has 2 amide bonds. The second-order valence-electron chi connectivity index (χ2n) is 6.73. The Hall–Kier alpha value is -2.49. The summed E-state index contributed by atoms with van der Waals surface area (Å²) in [5.41, 5.74) is 14.2. The topological polar surface area (TPSA) is 119 Å². The average Bonchev–Trinajstić information content (AvgIpc) is 3.13. The number of halogens is 1. The van der Waals surface area contributed by atoms with E-state index < -0.39 is 0 Å². The Kier molecular flexibility index (Phi) is 5.92. The van der Waals surface area contributed by atoms with Crippen LogP contribution in [0.25, 0.3) is 9.40 Å². The number of anilines is 3. The van der Waals surface area contributed by atoms with Crippen LogP contribution in [0.5, 0.6) is 5.75 Å². The molecule has 0 aliphatic carbocycles. The molecule has 3 aromatic rings. The highest BCUT2D eigenvalue weighted by Gasteiger charge is 2.25. The first kappa shape index (κ1) is 21.2. The maximum absolute atomic E-state index is 12.9. The molecule has 0 radical (unpaired) electrons. The highest BCUT2D eigenvalue weighted by atomic mass is 35.5. The van der Waals surface area contributed by atoms with Gasteiger partial charge in [-0.25, -0.2) is 0 Å². The van der Waals surface area contributed by atoms with Crippen LogP contribution in [-0.2, 0) is 0 Å². The fourth-order valence-electron chi connectivity index (χ4n) is 2.88. The van der Waals surface area contributed by atoms with E-state index in [0.717, 1.165) is 9.58 Å². The van der Waals surface area contributed by atoms with E-state index in [1.807, 2.05) is 20.8 Å². The van der Waals surface area contributed by atoms with Gasteiger partial charge >= 0.3 is 0 Å². The number of carbonyl (C=O) groups is 2. The second kappa shape index (κ2) is 8.10. The van der Waals surface area contributed by atoms with Crippen molar-refractivity contribution in [3.8, 4) is 5.75 Å². The number of benzene rings is 1. The Morgan fingerprint density at radius 3 is 2.21 bits per heavy atom. The van der Waals surface area contributed by atoms with Crippen LogP contribution in [0.15, 0.2) is 12.1 Å². The van der Waals surface area contributed by atoms with Crippen LogP contribution in [-0.4, -0.2) is 25.0 Å². The van der Waals surface area contributed by atoms with Crippen LogP contribution in [0.1, 0.15) is 38.8 Å². The molecule has 0 aliphatic rings. The largest absolute Gasteiger partial charge is 0.495 e. The van der Waals surface area contributed by atoms with Crippen molar-refractivity contribution in [2.24, 2.45) is 0 Å². The molecule has 154 valence electrons. The molecule has 2 aromatic heterocycles. The summed E-state index contributed by atoms with van der Waals surface area (Å²) >= 11 is 8.48. The van der Waals surface area contributed by atoms with Gasteiger partial charge in [-0.1, -0.05) is 11.6 Å². The van der Waals surface area contributed by atoms with Gasteiger partial charge in [0.15, 0.2) is 0 Å². The van der Waals surface area contributed by atoms with Gasteiger partial charge in [-0.05, 0) is 32.4 Å². The molecular formula is C19H21ClN4O3S2. The molecular weight excluding hydrogens is 432 g/mol. The van der Waals surface area contributed by atoms with Crippen molar-refractivity contribution in [2.75, 3.05) is 23.9 Å². The number of fused-ring (bicyclic) bond motifs is 1. The lowest BCUT2D eigenvalue weighted by Gasteiger charge is -2.13. The minimum absolute atomic E-state index is 0.0154. The lowest BCUT2D eigenvalue weighted by molar-refractivity contribution is 0.0947. The maximum Gasteiger partial charge on any atom is 0.268 e. The average molecular weight is 453 g/mol. The molecule has 0 unspecified atom stereocenters. The molecule has 0 spiro atoms. The third-order valence-corrected chi connectivity index (χ3v) is 6.89. The standard InChI is InChI=1S/C19H21ClN4O3S2/c1-7(2)23-17(25)15-12(21)11-13(22)16(29-19(11)28-15)18(26)24-14-8(3)5-9(20)6-10(14)27-4/h5-7H,21-22H2,1-4H3,(H,23,25)(H,24,26). The van der Waals surface area contributed by atoms with Crippen molar-refractivity contribution in [2.45, 2.75) is 26.8 Å². The van der Waals surface area contributed by atoms with Gasteiger partial charge in [0.2, 0.25) is 0 Å². The number of nitrogens with one attached hydrogen (secondary N) is 2. The maximum atomic E-state index is 12.9. The predicted octanol–water partition coefficient (Wildman–Crippen LogP) is 4.49. The lowest BCUT2D eigenvalue weighted by Crippen LogP contribution is -2.29. The van der Waals surface area contributed by atoms with Crippen molar-refractivity contribution >= 4 is 72.6 Å². The number of thiophene rings is 2. The van der Waals surface area contributed by atoms with Crippen LogP contribution in [0.4, 0.5) is 17.1 Å². The van der Waals surface area contributed by atoms with E-state index >= 15 is 0 Å². The predicted molar refractivity (Wildman–Crippen MR) is 122 cm³/mol. The number of ether oxygens (including phenoxy) is 1. The molecule has 10 heteroatoms. The lowest BCUT2D eigenvalue weighted by atomic mass is 10.1. The Bertz CT molecular complexity index is 1120. The molecule has 3 rings (SSSR count). The Morgan fingerprint density at radius 2 is 1.69 bits per heavy atom. The van der Waals surface area contributed by atoms with Crippen molar-refractivity contribution < 1.29 is 14.3 Å². The molecule has 2 heterocycles. The zero-order valence-corrected chi connectivity index (χ0v) is 18.7. The van der Waals surface area contributed by atoms with Crippen LogP contribution < -0.4 is 26.8 Å². The second-order valence-corrected chi connectivity index (χ2v) is 9.47. The van der Waals surface area contributed by atoms with E-state index in [1.165, 1.54) is 29.8 Å². The van der Waals surface area contributed by atoms with Crippen molar-refractivity contribution in [3.63, 3.8) is 0 Å². The van der Waals surface area contributed by atoms with Gasteiger partial charge in [-0.3, -0.25) is 9.59 Å². The normalized spacial score (nSPS) is 11.1. The third kappa shape index (κ3) is 3.98. The zero-order chi connectivity index (χ0) is 21.5. The number of rotatable bonds is 5. The van der Waals surface area contributed by atoms with Gasteiger partial charge in [0.25, 0.3) is 11.8 Å². The summed E-state index contributed by atoms with van der Waals surface area (Å²) in [6.07, 6.45) is 0. The van der Waals surface area contributed by atoms with Crippen LogP contribution in [0.3, 0.4) is 0 Å². The first-order chi connectivity index (χ1) is 13.6. The molecule has 1 aromatic carbocycles. The number of hydrogen-bond donors (Lipinski definition) is 4. The number of methoxy groups -OCH3 is 1. The zero-order valence-electron chi connectivity index (χ0n) is 16.3. The van der Waals surface area contributed by atoms with Gasteiger partial charge in [-0.2, -0.15) is 0 Å². The van der Waals surface area contributed by atoms with Gasteiger partial charge in [-0.15, -0.1) is 22.7 Å². The number of nitrogen functional groups attached to an aromatic ring is 2. The van der Waals surface area contributed by atoms with Crippen LogP contribution in [0, 0.1) is 6.92 Å². The quantitative estimate of drug-likeness (QED) is 0.454. The molecule has 0 saturated carbocycles. The molecule has 0 aliphatic heterocycles. The third-order valence-electron chi connectivity index (χ3n) is 4.18. The summed E-state index contributed by atoms with van der Waals surface area (Å²) in [6.45, 7) is 5.56. The summed E-state index contributed by atoms with van der Waals surface area (Å²) in [4.78, 5) is 25.9. The van der Waals surface area contributed by atoms with Crippen molar-refractivity contribution in [1.82, 2.24) is 5.32 Å². The summed E-state index contributed by atoms with van der Waals surface area (Å²) in [5.74, 6) is -0.183. The van der Waals surface area contributed by atoms with E-state index in [4.69, 9.17) is 27.8 Å². The molecule has 0 fully saturated rings. The highest BCUT2D eigenvalue weighted by Crippen LogP contribution is 2.45. The minimum atomic E-state index is -0.382. The van der Waals surface area contributed by atoms with Gasteiger partial charge in [0.05, 0.1) is 33.6 Å². The summed E-state index contributed by atoms with van der Waals surface area (Å²) in [5, 5.41) is 6.70. The van der Waals surface area contributed by atoms with Crippen LogP contribution >= 0.6 is 34.3 Å². The monoisotopic (exact) mass is 452 g/mol. The molecule has 0 saturated heterocycles. The Morgan fingerprint density at radius 1 is 1.10 bits per heavy atom. The summed E-state index contributed by atoms with van der Waals surface area (Å²) < 4.78 is 6.04. The SMILES string of the molecule is COc1cc(Cl)cc(C)c1NC(=O)c1sc2sc(C(=O)NC(C)C)c(N)c2c1N. The van der Waals surface area contributed by atoms with E-state index in [2.05, 4.69) is 10.6 Å². The number of hydrogen-bond acceptors (Lipinski definition) is 7. The van der Waals surface area contributed by atoms with E-state index in [-0.39, 0.29) is 29.2 Å². The smallest absolute Gasteiger partial charge is 0.268 e. The molecule has 0 bridgehead atoms. The Balaban J connectivity index is 1.96. The van der Waals surface area contributed by atoms with Crippen LogP contribution in [0.2, 0.25) is 5.02 Å². The molecule has 29 heavy (non-hydrogen) atoms. The van der Waals surface area contributed by atoms with Gasteiger partial charge in [0, 0.05) is 17.1 Å². The fraction of sp³-hybridized carbons (Fsp3) is 0.263. The van der Waals surface area contributed by atoms with Gasteiger partial charge in [0.1, 0.15) is 15.5 Å². The van der Waals surface area contributed by atoms with E-state index in [1.54, 1.807) is 12.1 Å². The molecule has 0 atom stereocenters.